The molecule has 0 saturated heterocycles. The van der Waals surface area contributed by atoms with Crippen LogP contribution in [0.5, 0.6) is 0 Å². The predicted molar refractivity (Wildman–Crippen MR) is 133 cm³/mol. The summed E-state index contributed by atoms with van der Waals surface area (Å²) in [4.78, 5) is 39.5. The van der Waals surface area contributed by atoms with Gasteiger partial charge in [-0.2, -0.15) is 0 Å². The Labute approximate surface area is 193 Å². The smallest absolute Gasteiger partial charge is 0.319 e. The van der Waals surface area contributed by atoms with Crippen LogP contribution in [0, 0.1) is 6.92 Å². The van der Waals surface area contributed by atoms with Crippen LogP contribution >= 0.6 is 0 Å². The van der Waals surface area contributed by atoms with Gasteiger partial charge < -0.3 is 20.9 Å². The summed E-state index contributed by atoms with van der Waals surface area (Å²) in [5.41, 5.74) is 4.54. The number of carbonyl (C=O) groups is 2. The van der Waals surface area contributed by atoms with Gasteiger partial charge in [0.05, 0.1) is 0 Å². The Balaban J connectivity index is 1.86. The fourth-order valence-corrected chi connectivity index (χ4v) is 3.46. The number of amides is 3. The van der Waals surface area contributed by atoms with E-state index in [-0.39, 0.29) is 17.0 Å². The Morgan fingerprint density at radius 1 is 0.970 bits per heavy atom. The number of H-pyrrole nitrogens is 1. The molecule has 3 aromatic rings. The fraction of sp³-hybridized carbons (Fsp3) is 0.269. The van der Waals surface area contributed by atoms with E-state index in [0.29, 0.717) is 23.4 Å². The van der Waals surface area contributed by atoms with Gasteiger partial charge in [-0.25, -0.2) is 4.79 Å². The number of carbonyl (C=O) groups excluding carboxylic acids is 2. The summed E-state index contributed by atoms with van der Waals surface area (Å²) >= 11 is 0. The van der Waals surface area contributed by atoms with Crippen molar-refractivity contribution in [1.82, 2.24) is 10.3 Å². The van der Waals surface area contributed by atoms with E-state index in [1.54, 1.807) is 19.2 Å². The first kappa shape index (κ1) is 23.8. The molecule has 0 aliphatic carbocycles. The molecular formula is C26H30N4O3. The highest BCUT2D eigenvalue weighted by molar-refractivity contribution is 6.05. The van der Waals surface area contributed by atoms with Gasteiger partial charge in [0.2, 0.25) is 0 Å². The van der Waals surface area contributed by atoms with Crippen molar-refractivity contribution in [3.8, 4) is 11.1 Å². The lowest BCUT2D eigenvalue weighted by Gasteiger charge is -2.19. The second kappa shape index (κ2) is 9.73. The van der Waals surface area contributed by atoms with E-state index in [1.807, 2.05) is 49.4 Å². The van der Waals surface area contributed by atoms with E-state index in [0.717, 1.165) is 16.7 Å². The van der Waals surface area contributed by atoms with Crippen LogP contribution in [-0.2, 0) is 5.41 Å². The summed E-state index contributed by atoms with van der Waals surface area (Å²) in [6, 6.07) is 14.3. The molecule has 3 rings (SSSR count). The molecule has 2 aromatic carbocycles. The SMILES string of the molecule is CCNC(=O)Nc1cc(-c2cccc(NC(=O)c3ccc(C(C)(C)C)cc3)c2C)c[nH]c1=O. The number of aromatic nitrogens is 1. The molecule has 33 heavy (non-hydrogen) atoms. The van der Waals surface area contributed by atoms with E-state index in [4.69, 9.17) is 0 Å². The van der Waals surface area contributed by atoms with Crippen molar-refractivity contribution in [3.63, 3.8) is 0 Å². The van der Waals surface area contributed by atoms with Crippen molar-refractivity contribution in [2.75, 3.05) is 17.2 Å². The summed E-state index contributed by atoms with van der Waals surface area (Å²) in [7, 11) is 0. The zero-order valence-corrected chi connectivity index (χ0v) is 19.6. The summed E-state index contributed by atoms with van der Waals surface area (Å²) < 4.78 is 0. The first-order chi connectivity index (χ1) is 15.6. The van der Waals surface area contributed by atoms with Crippen molar-refractivity contribution in [1.29, 1.82) is 0 Å². The topological polar surface area (TPSA) is 103 Å². The van der Waals surface area contributed by atoms with Crippen LogP contribution in [0.15, 0.2) is 59.5 Å². The molecule has 0 saturated carbocycles. The molecule has 0 atom stereocenters. The van der Waals surface area contributed by atoms with Gasteiger partial charge in [0.25, 0.3) is 11.5 Å². The average Bonchev–Trinajstić information content (AvgIpc) is 2.76. The van der Waals surface area contributed by atoms with Crippen molar-refractivity contribution in [3.05, 3.63) is 81.8 Å². The molecule has 3 amide bonds. The monoisotopic (exact) mass is 446 g/mol. The summed E-state index contributed by atoms with van der Waals surface area (Å²) in [5.74, 6) is -0.198. The average molecular weight is 447 g/mol. The number of anilines is 2. The number of aromatic amines is 1. The molecule has 1 heterocycles. The third-order valence-corrected chi connectivity index (χ3v) is 5.39. The Morgan fingerprint density at radius 3 is 2.30 bits per heavy atom. The van der Waals surface area contributed by atoms with E-state index >= 15 is 0 Å². The third kappa shape index (κ3) is 5.68. The lowest BCUT2D eigenvalue weighted by molar-refractivity contribution is 0.102. The second-order valence-electron chi connectivity index (χ2n) is 8.88. The molecule has 7 heteroatoms. The minimum absolute atomic E-state index is 0.0154. The molecule has 0 fully saturated rings. The van der Waals surface area contributed by atoms with Gasteiger partial charge in [-0.15, -0.1) is 0 Å². The molecule has 172 valence electrons. The zero-order valence-electron chi connectivity index (χ0n) is 19.6. The number of pyridine rings is 1. The molecule has 4 N–H and O–H groups in total. The zero-order chi connectivity index (χ0) is 24.2. The van der Waals surface area contributed by atoms with Gasteiger partial charge in [0, 0.05) is 29.6 Å². The second-order valence-corrected chi connectivity index (χ2v) is 8.88. The predicted octanol–water partition coefficient (Wildman–Crippen LogP) is 5.04. The molecular weight excluding hydrogens is 416 g/mol. The minimum atomic E-state index is -0.449. The Hall–Kier alpha value is -3.87. The summed E-state index contributed by atoms with van der Waals surface area (Å²) in [5, 5.41) is 8.14. The molecule has 0 spiro atoms. The van der Waals surface area contributed by atoms with Crippen molar-refractivity contribution in [2.45, 2.75) is 40.0 Å². The van der Waals surface area contributed by atoms with Gasteiger partial charge >= 0.3 is 6.03 Å². The summed E-state index contributed by atoms with van der Waals surface area (Å²) in [6.45, 7) is 10.5. The van der Waals surface area contributed by atoms with E-state index in [2.05, 4.69) is 41.7 Å². The van der Waals surface area contributed by atoms with Gasteiger partial charge in [-0.1, -0.05) is 45.0 Å². The molecule has 1 aromatic heterocycles. The number of hydrogen-bond donors (Lipinski definition) is 4. The van der Waals surface area contributed by atoms with Crippen LogP contribution in [0.3, 0.4) is 0 Å². The van der Waals surface area contributed by atoms with Crippen molar-refractivity contribution in [2.24, 2.45) is 0 Å². The largest absolute Gasteiger partial charge is 0.338 e. The number of hydrogen-bond acceptors (Lipinski definition) is 3. The van der Waals surface area contributed by atoms with Crippen LogP contribution in [0.1, 0.15) is 49.2 Å². The third-order valence-electron chi connectivity index (χ3n) is 5.39. The van der Waals surface area contributed by atoms with Gasteiger partial charge in [-0.3, -0.25) is 9.59 Å². The highest BCUT2D eigenvalue weighted by Crippen LogP contribution is 2.29. The lowest BCUT2D eigenvalue weighted by Crippen LogP contribution is -2.30. The maximum Gasteiger partial charge on any atom is 0.319 e. The molecule has 0 aliphatic heterocycles. The van der Waals surface area contributed by atoms with Crippen LogP contribution in [0.2, 0.25) is 0 Å². The van der Waals surface area contributed by atoms with Crippen LogP contribution in [0.25, 0.3) is 11.1 Å². The lowest BCUT2D eigenvalue weighted by atomic mass is 9.86. The standard InChI is InChI=1S/C26H30N4O3/c1-6-27-25(33)30-22-14-18(15-28-24(22)32)20-8-7-9-21(16(20)2)29-23(31)17-10-12-19(13-11-17)26(3,4)5/h7-15H,6H2,1-5H3,(H,28,32)(H,29,31)(H2,27,30,33). The Morgan fingerprint density at radius 2 is 1.67 bits per heavy atom. The maximum atomic E-state index is 12.8. The number of urea groups is 1. The highest BCUT2D eigenvalue weighted by Gasteiger charge is 2.16. The molecule has 7 nitrogen and oxygen atoms in total. The molecule has 0 bridgehead atoms. The number of rotatable bonds is 5. The van der Waals surface area contributed by atoms with E-state index in [9.17, 15) is 14.4 Å². The van der Waals surface area contributed by atoms with Crippen LogP contribution < -0.4 is 21.5 Å². The van der Waals surface area contributed by atoms with Gasteiger partial charge in [-0.05, 0) is 60.2 Å². The molecule has 0 unspecified atom stereocenters. The maximum absolute atomic E-state index is 12.8. The first-order valence-electron chi connectivity index (χ1n) is 10.9. The fourth-order valence-electron chi connectivity index (χ4n) is 3.46. The van der Waals surface area contributed by atoms with E-state index < -0.39 is 11.6 Å². The number of benzene rings is 2. The van der Waals surface area contributed by atoms with Crippen molar-refractivity contribution < 1.29 is 9.59 Å². The number of nitrogens with one attached hydrogen (secondary N) is 4. The Bertz CT molecular complexity index is 1220. The summed E-state index contributed by atoms with van der Waals surface area (Å²) in [6.07, 6.45) is 1.59. The molecule has 0 aliphatic rings. The van der Waals surface area contributed by atoms with Crippen LogP contribution in [-0.4, -0.2) is 23.5 Å². The highest BCUT2D eigenvalue weighted by atomic mass is 16.2. The van der Waals surface area contributed by atoms with E-state index in [1.165, 1.54) is 0 Å². The quantitative estimate of drug-likeness (QED) is 0.441. The Kier molecular flexibility index (Phi) is 7.01. The van der Waals surface area contributed by atoms with Crippen molar-refractivity contribution >= 4 is 23.3 Å². The molecule has 0 radical (unpaired) electrons. The first-order valence-corrected chi connectivity index (χ1v) is 10.9. The van der Waals surface area contributed by atoms with Gasteiger partial charge in [0.15, 0.2) is 0 Å². The van der Waals surface area contributed by atoms with Crippen LogP contribution in [0.4, 0.5) is 16.2 Å². The van der Waals surface area contributed by atoms with Gasteiger partial charge in [0.1, 0.15) is 5.69 Å². The normalized spacial score (nSPS) is 11.1. The minimum Gasteiger partial charge on any atom is -0.338 e.